The molecular formula is C17H27IN4. The molecule has 4 nitrogen and oxygen atoms in total. The van der Waals surface area contributed by atoms with Crippen LogP contribution in [0.2, 0.25) is 0 Å². The van der Waals surface area contributed by atoms with Crippen LogP contribution in [0.15, 0.2) is 29.3 Å². The lowest BCUT2D eigenvalue weighted by atomic mass is 10.1. The molecule has 2 aliphatic rings. The first-order chi connectivity index (χ1) is 10.3. The molecule has 0 radical (unpaired) electrons. The summed E-state index contributed by atoms with van der Waals surface area (Å²) in [6.45, 7) is 6.25. The van der Waals surface area contributed by atoms with E-state index in [0.717, 1.165) is 38.6 Å². The first-order valence-corrected chi connectivity index (χ1v) is 8.15. The molecule has 1 saturated heterocycles. The van der Waals surface area contributed by atoms with E-state index in [1.807, 2.05) is 0 Å². The number of hydrogen-bond donors (Lipinski definition) is 1. The zero-order valence-corrected chi connectivity index (χ0v) is 15.7. The molecule has 1 atom stereocenters. The molecule has 0 aromatic heterocycles. The number of para-hydroxylation sites is 1. The number of rotatable bonds is 3. The van der Waals surface area contributed by atoms with Gasteiger partial charge in [0.2, 0.25) is 0 Å². The molecule has 122 valence electrons. The van der Waals surface area contributed by atoms with Crippen LogP contribution in [-0.2, 0) is 6.42 Å². The fraction of sp³-hybridized carbons (Fsp3) is 0.588. The fourth-order valence-corrected chi connectivity index (χ4v) is 3.37. The van der Waals surface area contributed by atoms with E-state index in [4.69, 9.17) is 5.73 Å². The number of nitrogens with zero attached hydrogens (tertiary/aromatic N) is 3. The van der Waals surface area contributed by atoms with Gasteiger partial charge >= 0.3 is 0 Å². The molecule has 1 unspecified atom stereocenters. The topological polar surface area (TPSA) is 44.9 Å². The maximum atomic E-state index is 6.15. The Bertz CT molecular complexity index is 511. The third-order valence-electron chi connectivity index (χ3n) is 4.65. The standard InChI is InChI=1S/C17H26N4.HI/c1-14(13-19-17(18)20-10-5-2-6-11-20)21-12-9-15-7-3-4-8-16(15)21;/h3-4,7-8,14H,2,5-6,9-13H2,1H3,(H2,18,19);1H. The van der Waals surface area contributed by atoms with Crippen LogP contribution in [0.1, 0.15) is 31.7 Å². The first kappa shape index (κ1) is 17.4. The van der Waals surface area contributed by atoms with Crippen LogP contribution in [0.4, 0.5) is 5.69 Å². The summed E-state index contributed by atoms with van der Waals surface area (Å²) in [7, 11) is 0. The molecule has 1 aromatic rings. The van der Waals surface area contributed by atoms with Gasteiger partial charge in [0.25, 0.3) is 0 Å². The van der Waals surface area contributed by atoms with Crippen molar-refractivity contribution in [3.05, 3.63) is 29.8 Å². The highest BCUT2D eigenvalue weighted by atomic mass is 127. The number of benzene rings is 1. The number of anilines is 1. The monoisotopic (exact) mass is 414 g/mol. The van der Waals surface area contributed by atoms with Crippen molar-refractivity contribution in [1.82, 2.24) is 4.90 Å². The predicted molar refractivity (Wildman–Crippen MR) is 104 cm³/mol. The highest BCUT2D eigenvalue weighted by Gasteiger charge is 2.22. The van der Waals surface area contributed by atoms with E-state index >= 15 is 0 Å². The minimum absolute atomic E-state index is 0. The second-order valence-corrected chi connectivity index (χ2v) is 6.17. The fourth-order valence-electron chi connectivity index (χ4n) is 3.37. The van der Waals surface area contributed by atoms with Crippen molar-refractivity contribution in [3.63, 3.8) is 0 Å². The third-order valence-corrected chi connectivity index (χ3v) is 4.65. The number of hydrogen-bond acceptors (Lipinski definition) is 2. The lowest BCUT2D eigenvalue weighted by Crippen LogP contribution is -2.42. The zero-order valence-electron chi connectivity index (χ0n) is 13.4. The second kappa shape index (κ2) is 8.04. The SMILES string of the molecule is CC(CN=C(N)N1CCCCC1)N1CCc2ccccc21.I. The number of aliphatic imine (C=N–C) groups is 1. The minimum atomic E-state index is 0. The molecule has 0 bridgehead atoms. The molecule has 5 heteroatoms. The number of nitrogens with two attached hydrogens (primary N) is 1. The number of halogens is 1. The first-order valence-electron chi connectivity index (χ1n) is 8.15. The van der Waals surface area contributed by atoms with Gasteiger partial charge in [-0.1, -0.05) is 18.2 Å². The van der Waals surface area contributed by atoms with Crippen LogP contribution in [0.5, 0.6) is 0 Å². The van der Waals surface area contributed by atoms with E-state index < -0.39 is 0 Å². The lowest BCUT2D eigenvalue weighted by molar-refractivity contribution is 0.338. The van der Waals surface area contributed by atoms with Crippen LogP contribution in [0.25, 0.3) is 0 Å². The summed E-state index contributed by atoms with van der Waals surface area (Å²) in [6.07, 6.45) is 4.95. The van der Waals surface area contributed by atoms with Gasteiger partial charge in [-0.05, 0) is 44.2 Å². The molecule has 3 rings (SSSR count). The summed E-state index contributed by atoms with van der Waals surface area (Å²) >= 11 is 0. The molecule has 22 heavy (non-hydrogen) atoms. The zero-order chi connectivity index (χ0) is 14.7. The molecule has 0 spiro atoms. The molecule has 2 aliphatic heterocycles. The summed E-state index contributed by atoms with van der Waals surface area (Å²) in [5.41, 5.74) is 8.98. The number of likely N-dealkylation sites (tertiary alicyclic amines) is 1. The van der Waals surface area contributed by atoms with E-state index in [-0.39, 0.29) is 24.0 Å². The van der Waals surface area contributed by atoms with Crippen molar-refractivity contribution in [2.75, 3.05) is 31.1 Å². The van der Waals surface area contributed by atoms with Gasteiger partial charge in [-0.3, -0.25) is 4.99 Å². The predicted octanol–water partition coefficient (Wildman–Crippen LogP) is 2.86. The normalized spacial score (nSPS) is 19.6. The van der Waals surface area contributed by atoms with Gasteiger partial charge in [0.05, 0.1) is 6.54 Å². The molecule has 0 saturated carbocycles. The van der Waals surface area contributed by atoms with Gasteiger partial charge in [0.15, 0.2) is 5.96 Å². The van der Waals surface area contributed by atoms with Gasteiger partial charge in [-0.2, -0.15) is 0 Å². The van der Waals surface area contributed by atoms with E-state index in [2.05, 4.69) is 46.0 Å². The van der Waals surface area contributed by atoms with E-state index in [1.54, 1.807) is 0 Å². The number of fused-ring (bicyclic) bond motifs is 1. The van der Waals surface area contributed by atoms with Crippen LogP contribution in [0.3, 0.4) is 0 Å². The van der Waals surface area contributed by atoms with Gasteiger partial charge in [0, 0.05) is 31.4 Å². The van der Waals surface area contributed by atoms with Crippen molar-refractivity contribution < 1.29 is 0 Å². The molecule has 1 fully saturated rings. The van der Waals surface area contributed by atoms with E-state index in [1.165, 1.54) is 30.5 Å². The Balaban J connectivity index is 0.00000176. The van der Waals surface area contributed by atoms with Gasteiger partial charge in [-0.25, -0.2) is 0 Å². The second-order valence-electron chi connectivity index (χ2n) is 6.17. The van der Waals surface area contributed by atoms with Crippen LogP contribution in [-0.4, -0.2) is 43.1 Å². The largest absolute Gasteiger partial charge is 0.370 e. The minimum Gasteiger partial charge on any atom is -0.370 e. The quantitative estimate of drug-likeness (QED) is 0.470. The summed E-state index contributed by atoms with van der Waals surface area (Å²) in [6, 6.07) is 9.09. The van der Waals surface area contributed by atoms with Crippen molar-refractivity contribution in [3.8, 4) is 0 Å². The average molecular weight is 414 g/mol. The smallest absolute Gasteiger partial charge is 0.191 e. The maximum Gasteiger partial charge on any atom is 0.191 e. The lowest BCUT2D eigenvalue weighted by Gasteiger charge is -2.29. The van der Waals surface area contributed by atoms with Crippen LogP contribution in [0, 0.1) is 0 Å². The van der Waals surface area contributed by atoms with Crippen LogP contribution >= 0.6 is 24.0 Å². The average Bonchev–Trinajstić information content (AvgIpc) is 2.97. The van der Waals surface area contributed by atoms with E-state index in [0.29, 0.717) is 6.04 Å². The van der Waals surface area contributed by atoms with Gasteiger partial charge in [0.1, 0.15) is 0 Å². The third kappa shape index (κ3) is 3.86. The summed E-state index contributed by atoms with van der Waals surface area (Å²) in [5.74, 6) is 0.731. The molecule has 1 aromatic carbocycles. The van der Waals surface area contributed by atoms with Crippen molar-refractivity contribution in [2.24, 2.45) is 10.7 Å². The Morgan fingerprint density at radius 2 is 1.91 bits per heavy atom. The molecule has 0 amide bonds. The Kier molecular flexibility index (Phi) is 6.35. The molecule has 2 heterocycles. The summed E-state index contributed by atoms with van der Waals surface area (Å²) < 4.78 is 0. The molecular weight excluding hydrogens is 387 g/mol. The van der Waals surface area contributed by atoms with Crippen molar-refractivity contribution >= 4 is 35.6 Å². The number of piperidine rings is 1. The summed E-state index contributed by atoms with van der Waals surface area (Å²) in [5, 5.41) is 0. The van der Waals surface area contributed by atoms with Gasteiger partial charge < -0.3 is 15.5 Å². The molecule has 2 N–H and O–H groups in total. The van der Waals surface area contributed by atoms with E-state index in [9.17, 15) is 0 Å². The van der Waals surface area contributed by atoms with Gasteiger partial charge in [-0.15, -0.1) is 24.0 Å². The summed E-state index contributed by atoms with van der Waals surface area (Å²) in [4.78, 5) is 9.33. The Hall–Kier alpha value is -0.980. The Morgan fingerprint density at radius 1 is 1.18 bits per heavy atom. The van der Waals surface area contributed by atoms with Crippen molar-refractivity contribution in [1.29, 1.82) is 0 Å². The highest BCUT2D eigenvalue weighted by Crippen LogP contribution is 2.29. The maximum absolute atomic E-state index is 6.15. The number of guanidine groups is 1. The van der Waals surface area contributed by atoms with Crippen LogP contribution < -0.4 is 10.6 Å². The van der Waals surface area contributed by atoms with Crippen molar-refractivity contribution in [2.45, 2.75) is 38.6 Å². The Labute approximate surface area is 150 Å². The Morgan fingerprint density at radius 3 is 2.68 bits per heavy atom. The molecule has 0 aliphatic carbocycles. The highest BCUT2D eigenvalue weighted by molar-refractivity contribution is 14.0.